The van der Waals surface area contributed by atoms with Gasteiger partial charge in [-0.1, -0.05) is 27.7 Å². The highest BCUT2D eigenvalue weighted by Crippen LogP contribution is 2.06. The zero-order valence-electron chi connectivity index (χ0n) is 12.5. The second-order valence-electron chi connectivity index (χ2n) is 5.76. The molecule has 0 atom stereocenters. The fraction of sp³-hybridized carbons (Fsp3) is 0.643. The summed E-state index contributed by atoms with van der Waals surface area (Å²) in [6, 6.07) is 0. The van der Waals surface area contributed by atoms with Crippen molar-refractivity contribution in [1.82, 2.24) is 14.5 Å². The minimum atomic E-state index is -0.268. The fourth-order valence-corrected chi connectivity index (χ4v) is 2.30. The largest absolute Gasteiger partial charge is 0.341 e. The molecule has 5 nitrogen and oxygen atoms in total. The molecule has 0 aromatic carbocycles. The highest BCUT2D eigenvalue weighted by atomic mass is 79.9. The molecular formula is C14H22BrN3O2. The fourth-order valence-electron chi connectivity index (χ4n) is 1.95. The molecule has 0 aliphatic carbocycles. The predicted octanol–water partition coefficient (Wildman–Crippen LogP) is 2.15. The lowest BCUT2D eigenvalue weighted by atomic mass is 10.1. The molecule has 0 aliphatic rings. The third-order valence-electron chi connectivity index (χ3n) is 2.67. The minimum absolute atomic E-state index is 0.0346. The van der Waals surface area contributed by atoms with E-state index in [9.17, 15) is 9.59 Å². The summed E-state index contributed by atoms with van der Waals surface area (Å²) in [6.45, 7) is 9.78. The lowest BCUT2D eigenvalue weighted by Gasteiger charge is -2.26. The molecule has 0 saturated carbocycles. The SMILES string of the molecule is CC(C)CN(CC(C)C)C(=O)Cn1cc(Br)ncc1=O. The number of hydrogen-bond acceptors (Lipinski definition) is 3. The van der Waals surface area contributed by atoms with Crippen molar-refractivity contribution in [2.75, 3.05) is 13.1 Å². The highest BCUT2D eigenvalue weighted by Gasteiger charge is 2.17. The summed E-state index contributed by atoms with van der Waals surface area (Å²) in [5.41, 5.74) is -0.268. The van der Waals surface area contributed by atoms with E-state index < -0.39 is 0 Å². The molecule has 0 saturated heterocycles. The van der Waals surface area contributed by atoms with Gasteiger partial charge in [0.05, 0.1) is 6.20 Å². The maximum atomic E-state index is 12.4. The Morgan fingerprint density at radius 3 is 2.35 bits per heavy atom. The molecule has 1 heterocycles. The molecule has 1 amide bonds. The van der Waals surface area contributed by atoms with Crippen LogP contribution in [-0.4, -0.2) is 33.4 Å². The Hall–Kier alpha value is -1.17. The van der Waals surface area contributed by atoms with Gasteiger partial charge >= 0.3 is 0 Å². The van der Waals surface area contributed by atoms with E-state index in [1.807, 2.05) is 4.90 Å². The first-order chi connectivity index (χ1) is 9.29. The molecule has 1 aromatic heterocycles. The molecule has 0 bridgehead atoms. The van der Waals surface area contributed by atoms with Crippen LogP contribution in [0.3, 0.4) is 0 Å². The van der Waals surface area contributed by atoms with Crippen LogP contribution in [0.25, 0.3) is 0 Å². The molecule has 0 spiro atoms. The summed E-state index contributed by atoms with van der Waals surface area (Å²) < 4.78 is 1.93. The molecule has 20 heavy (non-hydrogen) atoms. The van der Waals surface area contributed by atoms with Crippen LogP contribution in [0.4, 0.5) is 0 Å². The van der Waals surface area contributed by atoms with E-state index in [2.05, 4.69) is 48.6 Å². The lowest BCUT2D eigenvalue weighted by Crippen LogP contribution is -2.40. The minimum Gasteiger partial charge on any atom is -0.341 e. The van der Waals surface area contributed by atoms with Gasteiger partial charge in [-0.15, -0.1) is 0 Å². The summed E-state index contributed by atoms with van der Waals surface area (Å²) in [7, 11) is 0. The molecule has 112 valence electrons. The van der Waals surface area contributed by atoms with Crippen LogP contribution in [0.1, 0.15) is 27.7 Å². The smallest absolute Gasteiger partial charge is 0.269 e. The van der Waals surface area contributed by atoms with Crippen LogP contribution in [0.2, 0.25) is 0 Å². The van der Waals surface area contributed by atoms with E-state index in [0.29, 0.717) is 29.5 Å². The van der Waals surface area contributed by atoms with Crippen LogP contribution in [0, 0.1) is 11.8 Å². The van der Waals surface area contributed by atoms with Gasteiger partial charge in [0.1, 0.15) is 11.1 Å². The Labute approximate surface area is 128 Å². The molecule has 1 rings (SSSR count). The van der Waals surface area contributed by atoms with Crippen LogP contribution in [0.15, 0.2) is 21.8 Å². The number of amides is 1. The Kier molecular flexibility index (Phi) is 6.39. The molecule has 6 heteroatoms. The van der Waals surface area contributed by atoms with Crippen molar-refractivity contribution < 1.29 is 4.79 Å². The average Bonchev–Trinajstić information content (AvgIpc) is 2.31. The first kappa shape index (κ1) is 16.9. The Balaban J connectivity index is 2.84. The van der Waals surface area contributed by atoms with Crippen molar-refractivity contribution in [3.63, 3.8) is 0 Å². The number of carbonyl (C=O) groups is 1. The number of rotatable bonds is 6. The second kappa shape index (κ2) is 7.57. The van der Waals surface area contributed by atoms with Crippen molar-refractivity contribution in [3.05, 3.63) is 27.4 Å². The summed E-state index contributed by atoms with van der Waals surface area (Å²) >= 11 is 3.21. The molecule has 0 fully saturated rings. The van der Waals surface area contributed by atoms with Gasteiger partial charge in [0.2, 0.25) is 5.91 Å². The van der Waals surface area contributed by atoms with Gasteiger partial charge in [0.15, 0.2) is 0 Å². The standard InChI is InChI=1S/C14H22BrN3O2/c1-10(2)6-17(7-11(3)4)14(20)9-18-8-12(15)16-5-13(18)19/h5,8,10-11H,6-7,9H2,1-4H3. The average molecular weight is 344 g/mol. The third-order valence-corrected chi connectivity index (χ3v) is 3.08. The summed E-state index contributed by atoms with van der Waals surface area (Å²) in [4.78, 5) is 29.7. The van der Waals surface area contributed by atoms with E-state index in [4.69, 9.17) is 0 Å². The summed E-state index contributed by atoms with van der Waals surface area (Å²) in [6.07, 6.45) is 2.76. The first-order valence-corrected chi connectivity index (χ1v) is 7.58. The van der Waals surface area contributed by atoms with Crippen molar-refractivity contribution in [2.45, 2.75) is 34.2 Å². The van der Waals surface area contributed by atoms with E-state index in [-0.39, 0.29) is 18.0 Å². The van der Waals surface area contributed by atoms with Crippen molar-refractivity contribution in [1.29, 1.82) is 0 Å². The van der Waals surface area contributed by atoms with Crippen LogP contribution in [-0.2, 0) is 11.3 Å². The number of carbonyl (C=O) groups excluding carboxylic acids is 1. The third kappa shape index (κ3) is 5.45. The van der Waals surface area contributed by atoms with Crippen molar-refractivity contribution >= 4 is 21.8 Å². The van der Waals surface area contributed by atoms with Crippen molar-refractivity contribution in [3.8, 4) is 0 Å². The van der Waals surface area contributed by atoms with E-state index in [0.717, 1.165) is 0 Å². The van der Waals surface area contributed by atoms with Gasteiger partial charge in [-0.3, -0.25) is 9.59 Å². The second-order valence-corrected chi connectivity index (χ2v) is 6.58. The molecular weight excluding hydrogens is 322 g/mol. The molecule has 1 aromatic rings. The Morgan fingerprint density at radius 1 is 1.30 bits per heavy atom. The van der Waals surface area contributed by atoms with Crippen LogP contribution < -0.4 is 5.56 Å². The Bertz CT molecular complexity index is 501. The zero-order valence-corrected chi connectivity index (χ0v) is 14.1. The lowest BCUT2D eigenvalue weighted by molar-refractivity contribution is -0.133. The highest BCUT2D eigenvalue weighted by molar-refractivity contribution is 9.10. The van der Waals surface area contributed by atoms with Gasteiger partial charge in [-0.25, -0.2) is 4.98 Å². The van der Waals surface area contributed by atoms with E-state index in [1.165, 1.54) is 10.8 Å². The number of aromatic nitrogens is 2. The zero-order chi connectivity index (χ0) is 15.3. The Morgan fingerprint density at radius 2 is 1.85 bits per heavy atom. The number of nitrogens with zero attached hydrogens (tertiary/aromatic N) is 3. The van der Waals surface area contributed by atoms with Crippen LogP contribution in [0.5, 0.6) is 0 Å². The van der Waals surface area contributed by atoms with Gasteiger partial charge in [-0.05, 0) is 27.8 Å². The van der Waals surface area contributed by atoms with Crippen LogP contribution >= 0.6 is 15.9 Å². The first-order valence-electron chi connectivity index (χ1n) is 6.79. The number of halogens is 1. The van der Waals surface area contributed by atoms with Gasteiger partial charge in [0, 0.05) is 19.3 Å². The molecule has 0 aliphatic heterocycles. The van der Waals surface area contributed by atoms with Gasteiger partial charge in [0.25, 0.3) is 5.56 Å². The summed E-state index contributed by atoms with van der Waals surface area (Å²) in [5, 5.41) is 0. The topological polar surface area (TPSA) is 55.2 Å². The normalized spacial score (nSPS) is 11.2. The monoisotopic (exact) mass is 343 g/mol. The number of hydrogen-bond donors (Lipinski definition) is 0. The maximum absolute atomic E-state index is 12.4. The molecule has 0 N–H and O–H groups in total. The van der Waals surface area contributed by atoms with E-state index in [1.54, 1.807) is 6.20 Å². The van der Waals surface area contributed by atoms with E-state index >= 15 is 0 Å². The van der Waals surface area contributed by atoms with Gasteiger partial charge < -0.3 is 9.47 Å². The maximum Gasteiger partial charge on any atom is 0.269 e. The molecule has 0 unspecified atom stereocenters. The molecule has 0 radical (unpaired) electrons. The quantitative estimate of drug-likeness (QED) is 0.795. The van der Waals surface area contributed by atoms with Gasteiger partial charge in [-0.2, -0.15) is 0 Å². The van der Waals surface area contributed by atoms with Crippen molar-refractivity contribution in [2.24, 2.45) is 11.8 Å². The summed E-state index contributed by atoms with van der Waals surface area (Å²) in [5.74, 6) is 0.768. The predicted molar refractivity (Wildman–Crippen MR) is 82.5 cm³/mol.